The number of fused-ring (bicyclic) bond motifs is 1. The molecule has 0 heterocycles. The SMILES string of the molecule is C#CCOCc1c(C)c(C)c2c(c1C)CC(C(=O)OC)(C(=O)OC)C2. The Bertz CT molecular complexity index is 739. The molecule has 1 aromatic rings. The zero-order valence-electron chi connectivity index (χ0n) is 15.4. The van der Waals surface area contributed by atoms with E-state index < -0.39 is 17.4 Å². The largest absolute Gasteiger partial charge is 0.468 e. The molecule has 5 nitrogen and oxygen atoms in total. The third-order valence-corrected chi connectivity index (χ3v) is 5.28. The zero-order valence-corrected chi connectivity index (χ0v) is 15.4. The van der Waals surface area contributed by atoms with Crippen LogP contribution in [0, 0.1) is 38.5 Å². The van der Waals surface area contributed by atoms with Gasteiger partial charge in [0.15, 0.2) is 5.41 Å². The molecule has 0 bridgehead atoms. The van der Waals surface area contributed by atoms with Crippen molar-refractivity contribution in [1.29, 1.82) is 0 Å². The van der Waals surface area contributed by atoms with Gasteiger partial charge in [-0.15, -0.1) is 6.42 Å². The van der Waals surface area contributed by atoms with Crippen molar-refractivity contribution in [2.75, 3.05) is 20.8 Å². The Morgan fingerprint density at radius 1 is 1.00 bits per heavy atom. The Hall–Kier alpha value is -2.32. The van der Waals surface area contributed by atoms with Crippen molar-refractivity contribution in [2.24, 2.45) is 5.41 Å². The van der Waals surface area contributed by atoms with E-state index in [0.717, 1.165) is 33.4 Å². The second kappa shape index (κ2) is 7.28. The van der Waals surface area contributed by atoms with E-state index in [2.05, 4.69) is 5.92 Å². The molecule has 0 amide bonds. The molecule has 0 aliphatic heterocycles. The first kappa shape index (κ1) is 19.0. The second-order valence-electron chi connectivity index (χ2n) is 6.43. The van der Waals surface area contributed by atoms with Crippen molar-refractivity contribution in [1.82, 2.24) is 0 Å². The first-order valence-corrected chi connectivity index (χ1v) is 8.12. The minimum Gasteiger partial charge on any atom is -0.468 e. The van der Waals surface area contributed by atoms with Gasteiger partial charge in [-0.05, 0) is 54.2 Å². The molecule has 1 aromatic carbocycles. The number of hydrogen-bond acceptors (Lipinski definition) is 5. The zero-order chi connectivity index (χ0) is 18.8. The van der Waals surface area contributed by atoms with Gasteiger partial charge >= 0.3 is 11.9 Å². The van der Waals surface area contributed by atoms with Crippen molar-refractivity contribution >= 4 is 11.9 Å². The second-order valence-corrected chi connectivity index (χ2v) is 6.43. The topological polar surface area (TPSA) is 61.8 Å². The van der Waals surface area contributed by atoms with Gasteiger partial charge in [-0.1, -0.05) is 5.92 Å². The summed E-state index contributed by atoms with van der Waals surface area (Å²) < 4.78 is 15.4. The van der Waals surface area contributed by atoms with Crippen LogP contribution in [0.5, 0.6) is 0 Å². The van der Waals surface area contributed by atoms with Crippen LogP contribution in [0.15, 0.2) is 0 Å². The lowest BCUT2D eigenvalue weighted by atomic mass is 9.84. The van der Waals surface area contributed by atoms with Crippen LogP contribution in [0.4, 0.5) is 0 Å². The predicted octanol–water partition coefficient (Wildman–Crippen LogP) is 2.19. The van der Waals surface area contributed by atoms with Gasteiger partial charge in [0.1, 0.15) is 6.61 Å². The molecule has 0 radical (unpaired) electrons. The maximum absolute atomic E-state index is 12.4. The fraction of sp³-hybridized carbons (Fsp3) is 0.500. The van der Waals surface area contributed by atoms with Crippen molar-refractivity contribution in [3.63, 3.8) is 0 Å². The van der Waals surface area contributed by atoms with Crippen LogP contribution in [0.1, 0.15) is 33.4 Å². The summed E-state index contributed by atoms with van der Waals surface area (Å²) in [5.74, 6) is 1.34. The number of ether oxygens (including phenoxy) is 3. The van der Waals surface area contributed by atoms with E-state index in [1.807, 2.05) is 20.8 Å². The smallest absolute Gasteiger partial charge is 0.323 e. The monoisotopic (exact) mass is 344 g/mol. The van der Waals surface area contributed by atoms with Crippen LogP contribution in [-0.2, 0) is 43.2 Å². The summed E-state index contributed by atoms with van der Waals surface area (Å²) in [4.78, 5) is 24.9. The third kappa shape index (κ3) is 3.03. The Labute approximate surface area is 148 Å². The van der Waals surface area contributed by atoms with Crippen LogP contribution in [0.2, 0.25) is 0 Å². The highest BCUT2D eigenvalue weighted by molar-refractivity contribution is 6.01. The van der Waals surface area contributed by atoms with Gasteiger partial charge < -0.3 is 14.2 Å². The summed E-state index contributed by atoms with van der Waals surface area (Å²) in [5.41, 5.74) is 4.95. The summed E-state index contributed by atoms with van der Waals surface area (Å²) >= 11 is 0. The quantitative estimate of drug-likeness (QED) is 0.355. The molecule has 0 aromatic heterocycles. The molecule has 0 saturated carbocycles. The molecule has 134 valence electrons. The average Bonchev–Trinajstić information content (AvgIpc) is 3.03. The van der Waals surface area contributed by atoms with E-state index in [1.165, 1.54) is 14.2 Å². The molecule has 1 aliphatic carbocycles. The number of rotatable bonds is 5. The lowest BCUT2D eigenvalue weighted by Gasteiger charge is -2.22. The fourth-order valence-corrected chi connectivity index (χ4v) is 3.70. The van der Waals surface area contributed by atoms with Gasteiger partial charge in [0, 0.05) is 12.8 Å². The average molecular weight is 344 g/mol. The number of carbonyl (C=O) groups is 2. The first-order chi connectivity index (χ1) is 11.8. The molecule has 25 heavy (non-hydrogen) atoms. The number of terminal acetylenes is 1. The molecule has 0 fully saturated rings. The maximum Gasteiger partial charge on any atom is 0.323 e. The van der Waals surface area contributed by atoms with E-state index in [0.29, 0.717) is 13.0 Å². The fourth-order valence-electron chi connectivity index (χ4n) is 3.70. The van der Waals surface area contributed by atoms with E-state index >= 15 is 0 Å². The van der Waals surface area contributed by atoms with Crippen molar-refractivity contribution in [3.05, 3.63) is 33.4 Å². The highest BCUT2D eigenvalue weighted by Crippen LogP contribution is 2.44. The van der Waals surface area contributed by atoms with Gasteiger partial charge in [-0.2, -0.15) is 0 Å². The molecule has 0 N–H and O–H groups in total. The lowest BCUT2D eigenvalue weighted by Crippen LogP contribution is -2.42. The van der Waals surface area contributed by atoms with Crippen LogP contribution < -0.4 is 0 Å². The van der Waals surface area contributed by atoms with Gasteiger partial charge in [0.2, 0.25) is 0 Å². The van der Waals surface area contributed by atoms with E-state index in [4.69, 9.17) is 20.6 Å². The van der Waals surface area contributed by atoms with Crippen molar-refractivity contribution in [3.8, 4) is 12.3 Å². The summed E-state index contributed by atoms with van der Waals surface area (Å²) in [5, 5.41) is 0. The molecule has 0 unspecified atom stereocenters. The summed E-state index contributed by atoms with van der Waals surface area (Å²) in [6, 6.07) is 0. The standard InChI is InChI=1S/C20H24O5/c1-7-8-25-11-17-13(3)12(2)15-9-20(18(21)23-5,19(22)24-6)10-16(15)14(17)4/h1H,8-11H2,2-6H3. The number of benzene rings is 1. The van der Waals surface area contributed by atoms with Gasteiger partial charge in [0.25, 0.3) is 0 Å². The van der Waals surface area contributed by atoms with Crippen LogP contribution in [-0.4, -0.2) is 32.8 Å². The van der Waals surface area contributed by atoms with E-state index in [1.54, 1.807) is 0 Å². The molecular formula is C20H24O5. The van der Waals surface area contributed by atoms with Gasteiger partial charge in [-0.3, -0.25) is 9.59 Å². The first-order valence-electron chi connectivity index (χ1n) is 8.12. The van der Waals surface area contributed by atoms with E-state index in [9.17, 15) is 9.59 Å². The molecule has 0 saturated heterocycles. The molecule has 0 atom stereocenters. The third-order valence-electron chi connectivity index (χ3n) is 5.28. The highest BCUT2D eigenvalue weighted by Gasteiger charge is 2.53. The van der Waals surface area contributed by atoms with Gasteiger partial charge in [0.05, 0.1) is 20.8 Å². The normalized spacial score (nSPS) is 14.6. The number of hydrogen-bond donors (Lipinski definition) is 0. The molecular weight excluding hydrogens is 320 g/mol. The number of carbonyl (C=O) groups excluding carboxylic acids is 2. The van der Waals surface area contributed by atoms with Crippen LogP contribution in [0.25, 0.3) is 0 Å². The van der Waals surface area contributed by atoms with Crippen molar-refractivity contribution < 1.29 is 23.8 Å². The molecule has 0 spiro atoms. The van der Waals surface area contributed by atoms with Gasteiger partial charge in [-0.25, -0.2) is 0 Å². The molecule has 5 heteroatoms. The Morgan fingerprint density at radius 3 is 2.00 bits per heavy atom. The molecule has 2 rings (SSSR count). The number of esters is 2. The highest BCUT2D eigenvalue weighted by atomic mass is 16.5. The Kier molecular flexibility index (Phi) is 5.54. The Balaban J connectivity index is 2.54. The summed E-state index contributed by atoms with van der Waals surface area (Å²) in [6.45, 7) is 6.66. The predicted molar refractivity (Wildman–Crippen MR) is 93.0 cm³/mol. The van der Waals surface area contributed by atoms with E-state index in [-0.39, 0.29) is 13.0 Å². The molecule has 1 aliphatic rings. The Morgan fingerprint density at radius 2 is 1.52 bits per heavy atom. The maximum atomic E-state index is 12.4. The summed E-state index contributed by atoms with van der Waals surface area (Å²) in [6.07, 6.45) is 5.81. The minimum absolute atomic E-state index is 0.239. The lowest BCUT2D eigenvalue weighted by molar-refractivity contribution is -0.168. The van der Waals surface area contributed by atoms with Crippen LogP contribution >= 0.6 is 0 Å². The van der Waals surface area contributed by atoms with Crippen molar-refractivity contribution in [2.45, 2.75) is 40.2 Å². The minimum atomic E-state index is -1.31. The number of methoxy groups -OCH3 is 2. The van der Waals surface area contributed by atoms with Crippen LogP contribution in [0.3, 0.4) is 0 Å². The summed E-state index contributed by atoms with van der Waals surface area (Å²) in [7, 11) is 2.58.